The Morgan fingerprint density at radius 2 is 2.16 bits per heavy atom. The van der Waals surface area contributed by atoms with Crippen LogP contribution in [0.1, 0.15) is 12.2 Å². The van der Waals surface area contributed by atoms with Gasteiger partial charge in [0.05, 0.1) is 5.69 Å². The number of aromatic nitrogens is 3. The molecule has 1 saturated heterocycles. The predicted octanol–water partition coefficient (Wildman–Crippen LogP) is 3.01. The number of nitrogens with zero attached hydrogens (tertiary/aromatic N) is 5. The standard InChI is InChI=1S/C21H23F2N7O.HI/c1-24-21(26-10-7-19-28-20(31-29-19)17-4-2-3-9-25-17)27-15-8-11-30(13-15)18-6-5-14(22)12-16(18)23;/h2-6,9,12,15H,7-8,10-11,13H2,1H3,(H2,24,26,27);1H. The lowest BCUT2D eigenvalue weighted by molar-refractivity contribution is 0.421. The van der Waals surface area contributed by atoms with Gasteiger partial charge in [-0.3, -0.25) is 9.98 Å². The molecule has 0 aliphatic carbocycles. The van der Waals surface area contributed by atoms with Crippen LogP contribution in [0.3, 0.4) is 0 Å². The number of hydrogen-bond donors (Lipinski definition) is 2. The lowest BCUT2D eigenvalue weighted by Crippen LogP contribution is -2.45. The van der Waals surface area contributed by atoms with Crippen molar-refractivity contribution in [2.75, 3.05) is 31.6 Å². The van der Waals surface area contributed by atoms with Gasteiger partial charge in [0.2, 0.25) is 0 Å². The lowest BCUT2D eigenvalue weighted by atomic mass is 10.2. The van der Waals surface area contributed by atoms with E-state index in [1.165, 1.54) is 12.1 Å². The number of aliphatic imine (C=N–C) groups is 1. The van der Waals surface area contributed by atoms with Gasteiger partial charge in [0.25, 0.3) is 5.89 Å². The zero-order valence-corrected chi connectivity index (χ0v) is 19.8. The molecule has 32 heavy (non-hydrogen) atoms. The van der Waals surface area contributed by atoms with Crippen LogP contribution in [0.25, 0.3) is 11.6 Å². The van der Waals surface area contributed by atoms with Gasteiger partial charge in [-0.1, -0.05) is 11.2 Å². The van der Waals surface area contributed by atoms with Gasteiger partial charge in [-0.05, 0) is 30.7 Å². The minimum absolute atomic E-state index is 0. The Bertz CT molecular complexity index is 1050. The number of benzene rings is 1. The molecule has 1 atom stereocenters. The van der Waals surface area contributed by atoms with Gasteiger partial charge in [-0.15, -0.1) is 24.0 Å². The van der Waals surface area contributed by atoms with Gasteiger partial charge >= 0.3 is 0 Å². The highest BCUT2D eigenvalue weighted by molar-refractivity contribution is 14.0. The van der Waals surface area contributed by atoms with Gasteiger partial charge in [0, 0.05) is 51.4 Å². The summed E-state index contributed by atoms with van der Waals surface area (Å²) in [4.78, 5) is 14.7. The van der Waals surface area contributed by atoms with Crippen LogP contribution in [0.4, 0.5) is 14.5 Å². The third-order valence-electron chi connectivity index (χ3n) is 5.00. The van der Waals surface area contributed by atoms with E-state index in [9.17, 15) is 8.78 Å². The third kappa shape index (κ3) is 5.90. The fourth-order valence-corrected chi connectivity index (χ4v) is 3.46. The average Bonchev–Trinajstić information content (AvgIpc) is 3.43. The molecule has 0 spiro atoms. The molecule has 8 nitrogen and oxygen atoms in total. The van der Waals surface area contributed by atoms with Crippen molar-refractivity contribution in [3.8, 4) is 11.6 Å². The van der Waals surface area contributed by atoms with E-state index in [-0.39, 0.29) is 30.0 Å². The first-order valence-corrected chi connectivity index (χ1v) is 10.0. The molecule has 1 fully saturated rings. The van der Waals surface area contributed by atoms with E-state index in [4.69, 9.17) is 4.52 Å². The summed E-state index contributed by atoms with van der Waals surface area (Å²) in [6, 6.07) is 9.25. The lowest BCUT2D eigenvalue weighted by Gasteiger charge is -2.20. The molecule has 1 aromatic carbocycles. The maximum atomic E-state index is 14.0. The van der Waals surface area contributed by atoms with Gasteiger partial charge in [-0.25, -0.2) is 8.78 Å². The predicted molar refractivity (Wildman–Crippen MR) is 128 cm³/mol. The van der Waals surface area contributed by atoms with Gasteiger partial charge in [0.1, 0.15) is 17.3 Å². The summed E-state index contributed by atoms with van der Waals surface area (Å²) >= 11 is 0. The molecular weight excluding hydrogens is 531 g/mol. The van der Waals surface area contributed by atoms with E-state index in [1.807, 2.05) is 23.1 Å². The maximum Gasteiger partial charge on any atom is 0.276 e. The van der Waals surface area contributed by atoms with Crippen LogP contribution in [0.15, 0.2) is 52.1 Å². The van der Waals surface area contributed by atoms with Crippen LogP contribution in [-0.2, 0) is 6.42 Å². The van der Waals surface area contributed by atoms with Gasteiger partial charge in [0.15, 0.2) is 11.8 Å². The summed E-state index contributed by atoms with van der Waals surface area (Å²) in [7, 11) is 1.69. The van der Waals surface area contributed by atoms with E-state index in [0.717, 1.165) is 12.5 Å². The Hall–Kier alpha value is -2.83. The Morgan fingerprint density at radius 1 is 1.28 bits per heavy atom. The first kappa shape index (κ1) is 23.8. The maximum absolute atomic E-state index is 14.0. The molecule has 11 heteroatoms. The summed E-state index contributed by atoms with van der Waals surface area (Å²) in [5.74, 6) is 0.473. The van der Waals surface area contributed by atoms with Crippen molar-refractivity contribution in [3.63, 3.8) is 0 Å². The highest BCUT2D eigenvalue weighted by atomic mass is 127. The smallest absolute Gasteiger partial charge is 0.276 e. The fraction of sp³-hybridized carbons (Fsp3) is 0.333. The zero-order chi connectivity index (χ0) is 21.6. The minimum atomic E-state index is -0.575. The molecule has 0 bridgehead atoms. The average molecular weight is 555 g/mol. The van der Waals surface area contributed by atoms with Crippen molar-refractivity contribution < 1.29 is 13.3 Å². The molecule has 0 saturated carbocycles. The Labute approximate surface area is 201 Å². The van der Waals surface area contributed by atoms with E-state index in [1.54, 1.807) is 13.2 Å². The molecule has 1 aliphatic rings. The normalized spacial score (nSPS) is 16.0. The van der Waals surface area contributed by atoms with E-state index >= 15 is 0 Å². The van der Waals surface area contributed by atoms with Crippen molar-refractivity contribution >= 4 is 35.6 Å². The van der Waals surface area contributed by atoms with Crippen molar-refractivity contribution in [1.82, 2.24) is 25.8 Å². The minimum Gasteiger partial charge on any atom is -0.367 e. The first-order chi connectivity index (χ1) is 15.1. The molecule has 3 aromatic rings. The first-order valence-electron chi connectivity index (χ1n) is 10.0. The SMILES string of the molecule is CN=C(NCCc1noc(-c2ccccn2)n1)NC1CCN(c2ccc(F)cc2F)C1.I. The van der Waals surface area contributed by atoms with Crippen molar-refractivity contribution in [2.24, 2.45) is 4.99 Å². The summed E-state index contributed by atoms with van der Waals surface area (Å²) in [6.07, 6.45) is 3.04. The molecule has 170 valence electrons. The van der Waals surface area contributed by atoms with Crippen LogP contribution in [0.5, 0.6) is 0 Å². The van der Waals surface area contributed by atoms with Crippen LogP contribution in [0, 0.1) is 11.6 Å². The van der Waals surface area contributed by atoms with Crippen LogP contribution < -0.4 is 15.5 Å². The topological polar surface area (TPSA) is 91.5 Å². The summed E-state index contributed by atoms with van der Waals surface area (Å²) in [5, 5.41) is 10.5. The number of pyridine rings is 1. The zero-order valence-electron chi connectivity index (χ0n) is 17.5. The van der Waals surface area contributed by atoms with Crippen LogP contribution in [-0.4, -0.2) is 53.8 Å². The Kier molecular flexibility index (Phi) is 8.31. The second-order valence-corrected chi connectivity index (χ2v) is 7.15. The molecular formula is C21H24F2IN7O. The highest BCUT2D eigenvalue weighted by Crippen LogP contribution is 2.24. The molecule has 3 heterocycles. The summed E-state index contributed by atoms with van der Waals surface area (Å²) < 4.78 is 32.4. The highest BCUT2D eigenvalue weighted by Gasteiger charge is 2.25. The number of halogens is 3. The largest absolute Gasteiger partial charge is 0.367 e. The summed E-state index contributed by atoms with van der Waals surface area (Å²) in [5.41, 5.74) is 1.05. The molecule has 0 radical (unpaired) electrons. The number of rotatable bonds is 6. The van der Waals surface area contributed by atoms with Crippen LogP contribution in [0.2, 0.25) is 0 Å². The van der Waals surface area contributed by atoms with Gasteiger partial charge < -0.3 is 20.1 Å². The quantitative estimate of drug-likeness (QED) is 0.275. The molecule has 4 rings (SSSR count). The number of guanidine groups is 1. The van der Waals surface area contributed by atoms with E-state index in [2.05, 4.69) is 30.8 Å². The molecule has 1 aliphatic heterocycles. The van der Waals surface area contributed by atoms with E-state index < -0.39 is 11.6 Å². The Morgan fingerprint density at radius 3 is 2.91 bits per heavy atom. The van der Waals surface area contributed by atoms with Gasteiger partial charge in [-0.2, -0.15) is 4.98 Å². The Balaban J connectivity index is 0.00000289. The van der Waals surface area contributed by atoms with E-state index in [0.29, 0.717) is 55.1 Å². The van der Waals surface area contributed by atoms with Crippen molar-refractivity contribution in [2.45, 2.75) is 18.9 Å². The molecule has 2 N–H and O–H groups in total. The second kappa shape index (κ2) is 11.2. The fourth-order valence-electron chi connectivity index (χ4n) is 3.46. The number of anilines is 1. The summed E-state index contributed by atoms with van der Waals surface area (Å²) in [6.45, 7) is 1.84. The monoisotopic (exact) mass is 555 g/mol. The number of nitrogens with one attached hydrogen (secondary N) is 2. The number of hydrogen-bond acceptors (Lipinski definition) is 6. The molecule has 1 unspecified atom stereocenters. The van der Waals surface area contributed by atoms with Crippen molar-refractivity contribution in [3.05, 3.63) is 60.1 Å². The molecule has 2 aromatic heterocycles. The second-order valence-electron chi connectivity index (χ2n) is 7.15. The van der Waals surface area contributed by atoms with Crippen molar-refractivity contribution in [1.29, 1.82) is 0 Å². The van der Waals surface area contributed by atoms with Crippen LogP contribution >= 0.6 is 24.0 Å². The third-order valence-corrected chi connectivity index (χ3v) is 5.00. The molecule has 0 amide bonds.